The zero-order chi connectivity index (χ0) is 19.5. The van der Waals surface area contributed by atoms with Gasteiger partial charge in [0.2, 0.25) is 5.91 Å². The number of rotatable bonds is 5. The van der Waals surface area contributed by atoms with Gasteiger partial charge in [-0.05, 0) is 30.2 Å². The summed E-state index contributed by atoms with van der Waals surface area (Å²) in [6.45, 7) is 1.34. The minimum absolute atomic E-state index is 0.112. The van der Waals surface area contributed by atoms with E-state index in [1.165, 1.54) is 4.90 Å². The fourth-order valence-electron chi connectivity index (χ4n) is 3.50. The summed E-state index contributed by atoms with van der Waals surface area (Å²) in [6.07, 6.45) is 0.619. The van der Waals surface area contributed by atoms with Crippen LogP contribution in [0.2, 0.25) is 0 Å². The van der Waals surface area contributed by atoms with Gasteiger partial charge >= 0.3 is 0 Å². The highest BCUT2D eigenvalue weighted by Crippen LogP contribution is 2.27. The highest BCUT2D eigenvalue weighted by molar-refractivity contribution is 8.14. The first-order valence-electron chi connectivity index (χ1n) is 9.17. The van der Waals surface area contributed by atoms with E-state index in [-0.39, 0.29) is 28.8 Å². The van der Waals surface area contributed by atoms with Crippen LogP contribution in [-0.4, -0.2) is 51.7 Å². The zero-order valence-corrected chi connectivity index (χ0v) is 16.1. The molecule has 2 aromatic rings. The molecule has 1 unspecified atom stereocenters. The molecule has 0 spiro atoms. The van der Waals surface area contributed by atoms with Crippen molar-refractivity contribution in [3.63, 3.8) is 0 Å². The fourth-order valence-corrected chi connectivity index (χ4v) is 4.27. The Hall–Kier alpha value is -2.80. The lowest BCUT2D eigenvalue weighted by Crippen LogP contribution is -2.41. The van der Waals surface area contributed by atoms with Gasteiger partial charge in [-0.3, -0.25) is 19.3 Å². The Labute approximate surface area is 167 Å². The monoisotopic (exact) mass is 396 g/mol. The molecule has 6 nitrogen and oxygen atoms in total. The van der Waals surface area contributed by atoms with Gasteiger partial charge < -0.3 is 9.64 Å². The Morgan fingerprint density at radius 2 is 1.93 bits per heavy atom. The minimum Gasteiger partial charge on any atom is -0.489 e. The molecule has 0 radical (unpaired) electrons. The smallest absolute Gasteiger partial charge is 0.289 e. The van der Waals surface area contributed by atoms with Gasteiger partial charge in [-0.1, -0.05) is 48.2 Å². The Bertz CT molecular complexity index is 886. The molecule has 0 saturated carbocycles. The van der Waals surface area contributed by atoms with Crippen molar-refractivity contribution in [3.05, 3.63) is 65.7 Å². The molecule has 2 aromatic carbocycles. The minimum atomic E-state index is -0.225. The molecule has 7 heteroatoms. The van der Waals surface area contributed by atoms with Gasteiger partial charge in [0.1, 0.15) is 12.4 Å². The Morgan fingerprint density at radius 1 is 1.11 bits per heavy atom. The quantitative estimate of drug-likeness (QED) is 0.777. The van der Waals surface area contributed by atoms with Gasteiger partial charge in [0.25, 0.3) is 11.1 Å². The molecular weight excluding hydrogens is 376 g/mol. The fraction of sp³-hybridized carbons (Fsp3) is 0.286. The predicted octanol–water partition coefficient (Wildman–Crippen LogP) is 3.18. The van der Waals surface area contributed by atoms with E-state index in [2.05, 4.69) is 0 Å². The lowest BCUT2D eigenvalue weighted by molar-refractivity contribution is -0.126. The van der Waals surface area contributed by atoms with Crippen LogP contribution in [0.3, 0.4) is 0 Å². The number of ether oxygens (including phenoxy) is 1. The van der Waals surface area contributed by atoms with Gasteiger partial charge in [0.05, 0.1) is 11.8 Å². The standard InChI is InChI=1S/C21H20N2O4S/c24-19-14-28-21(26)23(19)17-9-10-22(12-17)20(25)16-7-4-8-18(11-16)27-13-15-5-2-1-3-6-15/h1-8,11,17H,9-10,12-14H2. The summed E-state index contributed by atoms with van der Waals surface area (Å²) in [5.41, 5.74) is 1.60. The van der Waals surface area contributed by atoms with Crippen LogP contribution < -0.4 is 4.74 Å². The summed E-state index contributed by atoms with van der Waals surface area (Å²) in [4.78, 5) is 39.7. The Kier molecular flexibility index (Phi) is 5.34. The first kappa shape index (κ1) is 18.6. The summed E-state index contributed by atoms with van der Waals surface area (Å²) in [7, 11) is 0. The number of benzene rings is 2. The number of hydrogen-bond donors (Lipinski definition) is 0. The van der Waals surface area contributed by atoms with Crippen LogP contribution in [0.1, 0.15) is 22.3 Å². The van der Waals surface area contributed by atoms with E-state index >= 15 is 0 Å². The lowest BCUT2D eigenvalue weighted by atomic mass is 10.2. The molecule has 1 atom stereocenters. The second-order valence-corrected chi connectivity index (χ2v) is 7.74. The number of carbonyl (C=O) groups is 3. The SMILES string of the molecule is O=C(c1cccc(OCc2ccccc2)c1)N1CCC(N2C(=O)CSC2=O)C1. The van der Waals surface area contributed by atoms with Gasteiger partial charge in [0, 0.05) is 18.7 Å². The first-order valence-corrected chi connectivity index (χ1v) is 10.2. The van der Waals surface area contributed by atoms with Gasteiger partial charge in [-0.2, -0.15) is 0 Å². The molecule has 0 aliphatic carbocycles. The van der Waals surface area contributed by atoms with E-state index in [1.807, 2.05) is 36.4 Å². The number of thioether (sulfide) groups is 1. The van der Waals surface area contributed by atoms with E-state index in [0.29, 0.717) is 37.4 Å². The van der Waals surface area contributed by atoms with Crippen LogP contribution in [0.4, 0.5) is 4.79 Å². The molecule has 2 fully saturated rings. The van der Waals surface area contributed by atoms with Crippen LogP contribution in [0.5, 0.6) is 5.75 Å². The third-order valence-electron chi connectivity index (χ3n) is 4.93. The summed E-state index contributed by atoms with van der Waals surface area (Å²) in [5.74, 6) is 0.557. The molecular formula is C21H20N2O4S. The van der Waals surface area contributed by atoms with Crippen LogP contribution in [0, 0.1) is 0 Å². The highest BCUT2D eigenvalue weighted by Gasteiger charge is 2.40. The van der Waals surface area contributed by atoms with Crippen LogP contribution in [-0.2, 0) is 11.4 Å². The van der Waals surface area contributed by atoms with E-state index in [9.17, 15) is 14.4 Å². The van der Waals surface area contributed by atoms with Crippen molar-refractivity contribution in [2.45, 2.75) is 19.1 Å². The number of hydrogen-bond acceptors (Lipinski definition) is 5. The largest absolute Gasteiger partial charge is 0.489 e. The molecule has 2 aliphatic heterocycles. The van der Waals surface area contributed by atoms with Gasteiger partial charge in [0.15, 0.2) is 0 Å². The lowest BCUT2D eigenvalue weighted by Gasteiger charge is -2.22. The molecule has 2 saturated heterocycles. The van der Waals surface area contributed by atoms with E-state index in [4.69, 9.17) is 4.74 Å². The van der Waals surface area contributed by atoms with Crippen LogP contribution >= 0.6 is 11.8 Å². The topological polar surface area (TPSA) is 66.9 Å². The van der Waals surface area contributed by atoms with Crippen molar-refractivity contribution in [1.82, 2.24) is 9.80 Å². The van der Waals surface area contributed by atoms with E-state index in [1.54, 1.807) is 23.1 Å². The zero-order valence-electron chi connectivity index (χ0n) is 15.2. The summed E-state index contributed by atoms with van der Waals surface area (Å²) in [5, 5.41) is -0.208. The van der Waals surface area contributed by atoms with Crippen molar-refractivity contribution >= 4 is 28.8 Å². The van der Waals surface area contributed by atoms with Crippen molar-refractivity contribution in [2.75, 3.05) is 18.8 Å². The van der Waals surface area contributed by atoms with E-state index < -0.39 is 0 Å². The van der Waals surface area contributed by atoms with Crippen LogP contribution in [0.15, 0.2) is 54.6 Å². The number of likely N-dealkylation sites (tertiary alicyclic amines) is 1. The van der Waals surface area contributed by atoms with Gasteiger partial charge in [-0.15, -0.1) is 0 Å². The summed E-state index contributed by atoms with van der Waals surface area (Å²) >= 11 is 1.03. The van der Waals surface area contributed by atoms with Crippen molar-refractivity contribution in [1.29, 1.82) is 0 Å². The Morgan fingerprint density at radius 3 is 2.68 bits per heavy atom. The Balaban J connectivity index is 1.40. The first-order chi connectivity index (χ1) is 13.6. The molecule has 2 aliphatic rings. The maximum Gasteiger partial charge on any atom is 0.289 e. The van der Waals surface area contributed by atoms with Crippen molar-refractivity contribution in [2.24, 2.45) is 0 Å². The number of amides is 3. The summed E-state index contributed by atoms with van der Waals surface area (Å²) < 4.78 is 5.81. The third kappa shape index (κ3) is 3.89. The molecule has 2 heterocycles. The maximum atomic E-state index is 12.9. The van der Waals surface area contributed by atoms with Crippen LogP contribution in [0.25, 0.3) is 0 Å². The molecule has 28 heavy (non-hydrogen) atoms. The molecule has 0 N–H and O–H groups in total. The second-order valence-electron chi connectivity index (χ2n) is 6.81. The number of nitrogens with zero attached hydrogens (tertiary/aromatic N) is 2. The predicted molar refractivity (Wildman–Crippen MR) is 106 cm³/mol. The number of imide groups is 1. The molecule has 0 bridgehead atoms. The summed E-state index contributed by atoms with van der Waals surface area (Å²) in [6, 6.07) is 16.7. The van der Waals surface area contributed by atoms with Crippen molar-refractivity contribution < 1.29 is 19.1 Å². The maximum absolute atomic E-state index is 12.9. The molecule has 0 aromatic heterocycles. The van der Waals surface area contributed by atoms with E-state index in [0.717, 1.165) is 17.3 Å². The number of carbonyl (C=O) groups excluding carboxylic acids is 3. The molecule has 3 amide bonds. The van der Waals surface area contributed by atoms with Gasteiger partial charge in [-0.25, -0.2) is 0 Å². The van der Waals surface area contributed by atoms with Crippen molar-refractivity contribution in [3.8, 4) is 5.75 Å². The normalized spacial score (nSPS) is 19.4. The second kappa shape index (κ2) is 8.06. The highest BCUT2D eigenvalue weighted by atomic mass is 32.2. The average molecular weight is 396 g/mol. The average Bonchev–Trinajstić information content (AvgIpc) is 3.33. The third-order valence-corrected chi connectivity index (χ3v) is 5.76. The molecule has 4 rings (SSSR count). The molecule has 144 valence electrons.